The Kier molecular flexibility index (Phi) is 6.40. The molecule has 6 heteroatoms. The molecule has 0 spiro atoms. The Morgan fingerprint density at radius 1 is 1.14 bits per heavy atom. The molecule has 0 atom stereocenters. The summed E-state index contributed by atoms with van der Waals surface area (Å²) >= 11 is 0. The fraction of sp³-hybridized carbons (Fsp3) is 0.304. The van der Waals surface area contributed by atoms with Crippen molar-refractivity contribution in [3.05, 3.63) is 53.6 Å². The van der Waals surface area contributed by atoms with Gasteiger partial charge >= 0.3 is 6.03 Å². The van der Waals surface area contributed by atoms with Gasteiger partial charge in [0.15, 0.2) is 0 Å². The van der Waals surface area contributed by atoms with Gasteiger partial charge in [0.25, 0.3) is 0 Å². The van der Waals surface area contributed by atoms with Crippen molar-refractivity contribution in [3.8, 4) is 23.1 Å². The largest absolute Gasteiger partial charge is 0.492 e. The van der Waals surface area contributed by atoms with Crippen LogP contribution < -0.4 is 15.4 Å². The molecule has 0 radical (unpaired) electrons. The van der Waals surface area contributed by atoms with Gasteiger partial charge in [-0.1, -0.05) is 12.1 Å². The van der Waals surface area contributed by atoms with Crippen LogP contribution in [0.5, 0.6) is 5.75 Å². The Bertz CT molecular complexity index is 1050. The lowest BCUT2D eigenvalue weighted by molar-refractivity contribution is 0.237. The number of rotatable bonds is 7. The number of nitrogens with one attached hydrogen (secondary N) is 2. The van der Waals surface area contributed by atoms with Gasteiger partial charge in [-0.25, -0.2) is 4.79 Å². The molecule has 3 aromatic rings. The Morgan fingerprint density at radius 3 is 2.55 bits per heavy atom. The molecule has 0 aliphatic carbocycles. The van der Waals surface area contributed by atoms with Crippen LogP contribution in [0.15, 0.2) is 42.5 Å². The minimum atomic E-state index is -0.196. The van der Waals surface area contributed by atoms with Gasteiger partial charge in [0.2, 0.25) is 0 Å². The number of hydrogen-bond donors (Lipinski definition) is 2. The number of amides is 2. The van der Waals surface area contributed by atoms with Crippen molar-refractivity contribution in [2.45, 2.75) is 27.3 Å². The standard InChI is InChI=1S/C23H26N4O2/c1-4-25-23(28)26-12-13-29-18-9-7-17(8-10-18)22-20(15-24)19-11-6-16(3)14-21(19)27(22)5-2/h6-11,14H,4-5,12-13H2,1-3H3,(H2,25,26,28). The number of aromatic nitrogens is 1. The Balaban J connectivity index is 1.80. The van der Waals surface area contributed by atoms with Gasteiger partial charge < -0.3 is 19.9 Å². The fourth-order valence-corrected chi connectivity index (χ4v) is 3.47. The van der Waals surface area contributed by atoms with Gasteiger partial charge in [-0.2, -0.15) is 5.26 Å². The van der Waals surface area contributed by atoms with Gasteiger partial charge in [0.05, 0.1) is 23.3 Å². The maximum atomic E-state index is 11.4. The van der Waals surface area contributed by atoms with Crippen LogP contribution in [0.25, 0.3) is 22.2 Å². The minimum Gasteiger partial charge on any atom is -0.492 e. The van der Waals surface area contributed by atoms with Gasteiger partial charge in [0.1, 0.15) is 18.4 Å². The molecular formula is C23H26N4O2. The van der Waals surface area contributed by atoms with Crippen molar-refractivity contribution in [2.24, 2.45) is 0 Å². The zero-order valence-corrected chi connectivity index (χ0v) is 17.1. The van der Waals surface area contributed by atoms with E-state index < -0.39 is 0 Å². The molecule has 1 aromatic heterocycles. The molecule has 0 aliphatic heterocycles. The molecule has 0 unspecified atom stereocenters. The van der Waals surface area contributed by atoms with Crippen molar-refractivity contribution in [1.82, 2.24) is 15.2 Å². The van der Waals surface area contributed by atoms with E-state index in [1.807, 2.05) is 43.3 Å². The van der Waals surface area contributed by atoms with E-state index in [-0.39, 0.29) is 6.03 Å². The van der Waals surface area contributed by atoms with Crippen LogP contribution in [0.3, 0.4) is 0 Å². The molecule has 0 saturated heterocycles. The molecule has 150 valence electrons. The number of carbonyl (C=O) groups excluding carboxylic acids is 1. The molecule has 0 aliphatic rings. The second-order valence-electron chi connectivity index (χ2n) is 6.76. The summed E-state index contributed by atoms with van der Waals surface area (Å²) in [4.78, 5) is 11.4. The summed E-state index contributed by atoms with van der Waals surface area (Å²) in [5.74, 6) is 0.722. The predicted molar refractivity (Wildman–Crippen MR) is 115 cm³/mol. The summed E-state index contributed by atoms with van der Waals surface area (Å²) < 4.78 is 7.89. The molecule has 2 amide bonds. The van der Waals surface area contributed by atoms with Crippen LogP contribution in [0.4, 0.5) is 4.79 Å². The topological polar surface area (TPSA) is 79.1 Å². The highest BCUT2D eigenvalue weighted by molar-refractivity contribution is 5.95. The van der Waals surface area contributed by atoms with Gasteiger partial charge in [-0.05, 0) is 62.2 Å². The number of hydrogen-bond acceptors (Lipinski definition) is 3. The van der Waals surface area contributed by atoms with Crippen LogP contribution in [-0.4, -0.2) is 30.3 Å². The Hall–Kier alpha value is -3.46. The summed E-state index contributed by atoms with van der Waals surface area (Å²) in [6.45, 7) is 8.20. The molecule has 2 N–H and O–H groups in total. The lowest BCUT2D eigenvalue weighted by Crippen LogP contribution is -2.37. The van der Waals surface area contributed by atoms with Gasteiger partial charge in [-0.3, -0.25) is 0 Å². The first-order chi connectivity index (χ1) is 14.1. The predicted octanol–water partition coefficient (Wildman–Crippen LogP) is 4.21. The molecule has 3 rings (SSSR count). The summed E-state index contributed by atoms with van der Waals surface area (Å²) in [6.07, 6.45) is 0. The number of carbonyl (C=O) groups is 1. The maximum absolute atomic E-state index is 11.4. The van der Waals surface area contributed by atoms with Crippen LogP contribution in [0.1, 0.15) is 25.0 Å². The van der Waals surface area contributed by atoms with Crippen LogP contribution in [-0.2, 0) is 6.54 Å². The van der Waals surface area contributed by atoms with E-state index in [0.717, 1.165) is 34.5 Å². The maximum Gasteiger partial charge on any atom is 0.314 e. The summed E-state index contributed by atoms with van der Waals surface area (Å²) in [6, 6.07) is 16.1. The van der Waals surface area contributed by atoms with Gasteiger partial charge in [-0.15, -0.1) is 0 Å². The Morgan fingerprint density at radius 2 is 1.90 bits per heavy atom. The summed E-state index contributed by atoms with van der Waals surface area (Å²) in [5.41, 5.74) is 4.85. The van der Waals surface area contributed by atoms with E-state index in [9.17, 15) is 10.1 Å². The highest BCUT2D eigenvalue weighted by atomic mass is 16.5. The second-order valence-corrected chi connectivity index (χ2v) is 6.76. The summed E-state index contributed by atoms with van der Waals surface area (Å²) in [5, 5.41) is 16.2. The normalized spacial score (nSPS) is 10.6. The van der Waals surface area contributed by atoms with Crippen molar-refractivity contribution < 1.29 is 9.53 Å². The molecule has 29 heavy (non-hydrogen) atoms. The molecular weight excluding hydrogens is 364 g/mol. The first-order valence-electron chi connectivity index (χ1n) is 9.86. The van der Waals surface area contributed by atoms with E-state index in [1.54, 1.807) is 0 Å². The first-order valence-corrected chi connectivity index (χ1v) is 9.86. The number of urea groups is 1. The number of aryl methyl sites for hydroxylation is 2. The molecule has 0 saturated carbocycles. The van der Waals surface area contributed by atoms with E-state index in [4.69, 9.17) is 4.74 Å². The number of ether oxygens (including phenoxy) is 1. The monoisotopic (exact) mass is 390 g/mol. The zero-order chi connectivity index (χ0) is 20.8. The quantitative estimate of drug-likeness (QED) is 0.593. The highest BCUT2D eigenvalue weighted by Crippen LogP contribution is 2.34. The zero-order valence-electron chi connectivity index (χ0n) is 17.1. The van der Waals surface area contributed by atoms with Crippen LogP contribution in [0.2, 0.25) is 0 Å². The number of fused-ring (bicyclic) bond motifs is 1. The first kappa shape index (κ1) is 20.3. The molecule has 2 aromatic carbocycles. The van der Waals surface area contributed by atoms with E-state index in [0.29, 0.717) is 25.3 Å². The molecule has 0 fully saturated rings. The van der Waals surface area contributed by atoms with E-state index in [2.05, 4.69) is 41.2 Å². The molecule has 0 bridgehead atoms. The van der Waals surface area contributed by atoms with Crippen LogP contribution in [0, 0.1) is 18.3 Å². The number of nitrogens with zero attached hydrogens (tertiary/aromatic N) is 2. The average Bonchev–Trinajstić information content (AvgIpc) is 3.04. The third-order valence-corrected chi connectivity index (χ3v) is 4.77. The lowest BCUT2D eigenvalue weighted by atomic mass is 10.1. The highest BCUT2D eigenvalue weighted by Gasteiger charge is 2.18. The number of nitriles is 1. The minimum absolute atomic E-state index is 0.196. The summed E-state index contributed by atoms with van der Waals surface area (Å²) in [7, 11) is 0. The van der Waals surface area contributed by atoms with E-state index >= 15 is 0 Å². The van der Waals surface area contributed by atoms with Crippen molar-refractivity contribution >= 4 is 16.9 Å². The van der Waals surface area contributed by atoms with E-state index in [1.165, 1.54) is 5.56 Å². The number of benzene rings is 2. The second kappa shape index (κ2) is 9.16. The van der Waals surface area contributed by atoms with Crippen LogP contribution >= 0.6 is 0 Å². The lowest BCUT2D eigenvalue weighted by Gasteiger charge is -2.11. The SMILES string of the molecule is CCNC(=O)NCCOc1ccc(-c2c(C#N)c3ccc(C)cc3n2CC)cc1. The van der Waals surface area contributed by atoms with Gasteiger partial charge in [0, 0.05) is 18.5 Å². The third kappa shape index (κ3) is 4.35. The Labute approximate surface area is 171 Å². The van der Waals surface area contributed by atoms with Crippen molar-refractivity contribution in [3.63, 3.8) is 0 Å². The molecule has 1 heterocycles. The van der Waals surface area contributed by atoms with Crippen molar-refractivity contribution in [2.75, 3.05) is 19.7 Å². The third-order valence-electron chi connectivity index (χ3n) is 4.77. The average molecular weight is 390 g/mol. The fourth-order valence-electron chi connectivity index (χ4n) is 3.47. The smallest absolute Gasteiger partial charge is 0.314 e. The molecule has 6 nitrogen and oxygen atoms in total. The van der Waals surface area contributed by atoms with Crippen molar-refractivity contribution in [1.29, 1.82) is 5.26 Å².